The number of para-hydroxylation sites is 1. The molecule has 2 heterocycles. The van der Waals surface area contributed by atoms with E-state index in [4.69, 9.17) is 0 Å². The van der Waals surface area contributed by atoms with E-state index in [1.807, 2.05) is 59.5 Å². The normalized spacial score (nSPS) is 19.6. The molecule has 2 amide bonds. The number of nitrogens with zero attached hydrogens (tertiary/aromatic N) is 2. The second-order valence-corrected chi connectivity index (χ2v) is 8.29. The second kappa shape index (κ2) is 9.90. The third kappa shape index (κ3) is 4.90. The minimum Gasteiger partial charge on any atom is -0.341 e. The Hall–Kier alpha value is -2.66. The first-order valence-electron chi connectivity index (χ1n) is 11.2. The molecule has 2 aromatic carbocycles. The highest BCUT2D eigenvalue weighted by molar-refractivity contribution is 5.95. The van der Waals surface area contributed by atoms with Gasteiger partial charge in [0.15, 0.2) is 0 Å². The lowest BCUT2D eigenvalue weighted by atomic mass is 10.0. The van der Waals surface area contributed by atoms with Gasteiger partial charge in [-0.15, -0.1) is 0 Å². The standard InChI is InChI=1S/C25H31N3O2/c29-24(26-22-13-5-4-12-21(22)20-10-2-1-3-11-20)15-19-27-16-7-6-14-23(27)25(30)28-17-8-9-18-28/h1-5,10-13,23H,6-9,14-19H2,(H,26,29). The number of rotatable bonds is 6. The summed E-state index contributed by atoms with van der Waals surface area (Å²) in [6, 6.07) is 17.9. The van der Waals surface area contributed by atoms with E-state index in [0.29, 0.717) is 13.0 Å². The van der Waals surface area contributed by atoms with Crippen molar-refractivity contribution in [2.24, 2.45) is 0 Å². The molecule has 0 aromatic heterocycles. The van der Waals surface area contributed by atoms with Crippen molar-refractivity contribution in [3.05, 3.63) is 54.6 Å². The Morgan fingerprint density at radius 1 is 0.867 bits per heavy atom. The summed E-state index contributed by atoms with van der Waals surface area (Å²) in [5.74, 6) is 0.262. The van der Waals surface area contributed by atoms with Gasteiger partial charge in [0.2, 0.25) is 11.8 Å². The number of likely N-dealkylation sites (tertiary alicyclic amines) is 2. The number of carbonyl (C=O) groups is 2. The highest BCUT2D eigenvalue weighted by Gasteiger charge is 2.32. The van der Waals surface area contributed by atoms with Crippen molar-refractivity contribution in [3.63, 3.8) is 0 Å². The van der Waals surface area contributed by atoms with E-state index in [1.165, 1.54) is 0 Å². The lowest BCUT2D eigenvalue weighted by Crippen LogP contribution is -2.50. The van der Waals surface area contributed by atoms with Crippen molar-refractivity contribution >= 4 is 17.5 Å². The van der Waals surface area contributed by atoms with E-state index >= 15 is 0 Å². The summed E-state index contributed by atoms with van der Waals surface area (Å²) in [5, 5.41) is 3.09. The molecule has 0 radical (unpaired) electrons. The number of anilines is 1. The lowest BCUT2D eigenvalue weighted by molar-refractivity contribution is -0.137. The molecule has 0 aliphatic carbocycles. The highest BCUT2D eigenvalue weighted by atomic mass is 16.2. The first-order valence-corrected chi connectivity index (χ1v) is 11.2. The number of piperidine rings is 1. The van der Waals surface area contributed by atoms with Crippen molar-refractivity contribution < 1.29 is 9.59 Å². The highest BCUT2D eigenvalue weighted by Crippen LogP contribution is 2.28. The zero-order valence-corrected chi connectivity index (χ0v) is 17.6. The molecule has 5 heteroatoms. The molecule has 0 spiro atoms. The summed E-state index contributed by atoms with van der Waals surface area (Å²) < 4.78 is 0. The molecule has 1 N–H and O–H groups in total. The zero-order valence-electron chi connectivity index (χ0n) is 17.6. The maximum Gasteiger partial charge on any atom is 0.239 e. The summed E-state index contributed by atoms with van der Waals surface area (Å²) in [4.78, 5) is 29.9. The predicted octanol–water partition coefficient (Wildman–Crippen LogP) is 4.16. The summed E-state index contributed by atoms with van der Waals surface area (Å²) in [5.41, 5.74) is 2.93. The monoisotopic (exact) mass is 405 g/mol. The number of carbonyl (C=O) groups excluding carboxylic acids is 2. The van der Waals surface area contributed by atoms with E-state index < -0.39 is 0 Å². The average Bonchev–Trinajstić information content (AvgIpc) is 3.33. The Balaban J connectivity index is 1.37. The van der Waals surface area contributed by atoms with E-state index in [-0.39, 0.29) is 17.9 Å². The van der Waals surface area contributed by atoms with Crippen LogP contribution in [0, 0.1) is 0 Å². The fourth-order valence-corrected chi connectivity index (χ4v) is 4.61. The molecule has 1 atom stereocenters. The summed E-state index contributed by atoms with van der Waals surface area (Å²) >= 11 is 0. The molecule has 0 saturated carbocycles. The molecule has 2 saturated heterocycles. The molecule has 1 unspecified atom stereocenters. The van der Waals surface area contributed by atoms with Crippen LogP contribution in [0.15, 0.2) is 54.6 Å². The predicted molar refractivity (Wildman–Crippen MR) is 120 cm³/mol. The van der Waals surface area contributed by atoms with E-state index in [1.54, 1.807) is 0 Å². The van der Waals surface area contributed by atoms with Gasteiger partial charge in [-0.3, -0.25) is 14.5 Å². The summed E-state index contributed by atoms with van der Waals surface area (Å²) in [7, 11) is 0. The van der Waals surface area contributed by atoms with Crippen molar-refractivity contribution in [1.29, 1.82) is 0 Å². The molecule has 158 valence electrons. The van der Waals surface area contributed by atoms with Gasteiger partial charge in [0.1, 0.15) is 0 Å². The smallest absolute Gasteiger partial charge is 0.239 e. The molecule has 5 nitrogen and oxygen atoms in total. The number of hydrogen-bond donors (Lipinski definition) is 1. The molecule has 4 rings (SSSR count). The Bertz CT molecular complexity index is 862. The number of nitrogens with one attached hydrogen (secondary N) is 1. The third-order valence-electron chi connectivity index (χ3n) is 6.23. The van der Waals surface area contributed by atoms with E-state index in [9.17, 15) is 9.59 Å². The Morgan fingerprint density at radius 3 is 2.37 bits per heavy atom. The second-order valence-electron chi connectivity index (χ2n) is 8.29. The van der Waals surface area contributed by atoms with Crippen molar-refractivity contribution in [2.75, 3.05) is 31.5 Å². The fraction of sp³-hybridized carbons (Fsp3) is 0.440. The maximum atomic E-state index is 12.9. The van der Waals surface area contributed by atoms with Crippen LogP contribution < -0.4 is 5.32 Å². The Morgan fingerprint density at radius 2 is 1.57 bits per heavy atom. The Kier molecular flexibility index (Phi) is 6.80. The lowest BCUT2D eigenvalue weighted by Gasteiger charge is -2.36. The van der Waals surface area contributed by atoms with E-state index in [0.717, 1.165) is 68.6 Å². The fourth-order valence-electron chi connectivity index (χ4n) is 4.61. The van der Waals surface area contributed by atoms with Gasteiger partial charge in [0.05, 0.1) is 6.04 Å². The molecular formula is C25H31N3O2. The van der Waals surface area contributed by atoms with E-state index in [2.05, 4.69) is 10.2 Å². The number of amides is 2. The summed E-state index contributed by atoms with van der Waals surface area (Å²) in [6.45, 7) is 3.31. The van der Waals surface area contributed by atoms with Crippen LogP contribution in [0.25, 0.3) is 11.1 Å². The van der Waals surface area contributed by atoms with Gasteiger partial charge in [-0.2, -0.15) is 0 Å². The number of benzene rings is 2. The minimum absolute atomic E-state index is 0.00340. The van der Waals surface area contributed by atoms with Crippen LogP contribution in [0.1, 0.15) is 38.5 Å². The van der Waals surface area contributed by atoms with Crippen LogP contribution in [0.3, 0.4) is 0 Å². The molecule has 2 aliphatic heterocycles. The number of hydrogen-bond acceptors (Lipinski definition) is 3. The quantitative estimate of drug-likeness (QED) is 0.785. The Labute approximate surface area is 179 Å². The topological polar surface area (TPSA) is 52.7 Å². The van der Waals surface area contributed by atoms with Crippen LogP contribution >= 0.6 is 0 Å². The van der Waals surface area contributed by atoms with Gasteiger partial charge >= 0.3 is 0 Å². The molecule has 2 aliphatic rings. The van der Waals surface area contributed by atoms with Crippen molar-refractivity contribution in [2.45, 2.75) is 44.6 Å². The molecule has 2 fully saturated rings. The molecular weight excluding hydrogens is 374 g/mol. The van der Waals surface area contributed by atoms with Gasteiger partial charge in [-0.05, 0) is 43.9 Å². The first-order chi connectivity index (χ1) is 14.7. The van der Waals surface area contributed by atoms with Crippen molar-refractivity contribution in [1.82, 2.24) is 9.80 Å². The summed E-state index contributed by atoms with van der Waals surface area (Å²) in [6.07, 6.45) is 5.73. The SMILES string of the molecule is O=C(CCN1CCCCC1C(=O)N1CCCC1)Nc1ccccc1-c1ccccc1. The van der Waals surface area contributed by atoms with Crippen LogP contribution in [0.5, 0.6) is 0 Å². The largest absolute Gasteiger partial charge is 0.341 e. The van der Waals surface area contributed by atoms with Crippen LogP contribution in [-0.4, -0.2) is 53.8 Å². The maximum absolute atomic E-state index is 12.9. The molecule has 0 bridgehead atoms. The van der Waals surface area contributed by atoms with Gasteiger partial charge in [0, 0.05) is 37.3 Å². The van der Waals surface area contributed by atoms with Crippen LogP contribution in [-0.2, 0) is 9.59 Å². The van der Waals surface area contributed by atoms with Gasteiger partial charge in [-0.1, -0.05) is 55.0 Å². The van der Waals surface area contributed by atoms with Crippen LogP contribution in [0.4, 0.5) is 5.69 Å². The minimum atomic E-state index is -0.0544. The van der Waals surface area contributed by atoms with Crippen LogP contribution in [0.2, 0.25) is 0 Å². The average molecular weight is 406 g/mol. The zero-order chi connectivity index (χ0) is 20.8. The first kappa shape index (κ1) is 20.6. The third-order valence-corrected chi connectivity index (χ3v) is 6.23. The van der Waals surface area contributed by atoms with Crippen molar-refractivity contribution in [3.8, 4) is 11.1 Å². The van der Waals surface area contributed by atoms with Gasteiger partial charge in [-0.25, -0.2) is 0 Å². The molecule has 30 heavy (non-hydrogen) atoms. The van der Waals surface area contributed by atoms with Gasteiger partial charge in [0.25, 0.3) is 0 Å². The molecule has 2 aromatic rings. The van der Waals surface area contributed by atoms with Gasteiger partial charge < -0.3 is 10.2 Å².